The number of rotatable bonds is 2. The third kappa shape index (κ3) is 1.90. The van der Waals surface area contributed by atoms with Gasteiger partial charge in [0.2, 0.25) is 0 Å². The number of aromatic nitrogens is 2. The topological polar surface area (TPSA) is 51.8 Å². The standard InChI is InChI=1S/C5H7F2N3S/c1-2(8)4-9-10-5(11-4)3(6)7/h2-3H,8H2,1H3. The van der Waals surface area contributed by atoms with Crippen molar-refractivity contribution in [1.29, 1.82) is 0 Å². The van der Waals surface area contributed by atoms with Crippen LogP contribution in [0.2, 0.25) is 0 Å². The Hall–Kier alpha value is -0.620. The molecule has 6 heteroatoms. The SMILES string of the molecule is CC(N)c1nnc(C(F)F)s1. The lowest BCUT2D eigenvalue weighted by molar-refractivity contribution is 0.150. The van der Waals surface area contributed by atoms with Crippen molar-refractivity contribution in [3.05, 3.63) is 10.0 Å². The van der Waals surface area contributed by atoms with Crippen LogP contribution in [0.1, 0.15) is 29.4 Å². The van der Waals surface area contributed by atoms with Gasteiger partial charge in [-0.05, 0) is 6.92 Å². The van der Waals surface area contributed by atoms with Crippen molar-refractivity contribution >= 4 is 11.3 Å². The van der Waals surface area contributed by atoms with E-state index in [0.29, 0.717) is 5.01 Å². The van der Waals surface area contributed by atoms with Crippen LogP contribution in [0.5, 0.6) is 0 Å². The third-order valence-corrected chi connectivity index (χ3v) is 2.16. The van der Waals surface area contributed by atoms with Crippen molar-refractivity contribution in [3.63, 3.8) is 0 Å². The summed E-state index contributed by atoms with van der Waals surface area (Å²) in [5.41, 5.74) is 5.39. The molecule has 0 aliphatic carbocycles. The molecule has 0 saturated carbocycles. The minimum atomic E-state index is -2.54. The molecule has 0 aromatic carbocycles. The van der Waals surface area contributed by atoms with Gasteiger partial charge in [-0.3, -0.25) is 0 Å². The smallest absolute Gasteiger partial charge is 0.291 e. The van der Waals surface area contributed by atoms with E-state index >= 15 is 0 Å². The van der Waals surface area contributed by atoms with E-state index in [4.69, 9.17) is 5.73 Å². The van der Waals surface area contributed by atoms with Gasteiger partial charge in [0, 0.05) is 0 Å². The van der Waals surface area contributed by atoms with Crippen LogP contribution in [0.3, 0.4) is 0 Å². The Bertz CT molecular complexity index is 213. The highest BCUT2D eigenvalue weighted by molar-refractivity contribution is 7.11. The predicted molar refractivity (Wildman–Crippen MR) is 37.5 cm³/mol. The number of nitrogens with two attached hydrogens (primary N) is 1. The second-order valence-electron chi connectivity index (χ2n) is 2.07. The van der Waals surface area contributed by atoms with Gasteiger partial charge in [0.15, 0.2) is 5.01 Å². The summed E-state index contributed by atoms with van der Waals surface area (Å²) in [6, 6.07) is -0.319. The Labute approximate surface area is 66.2 Å². The number of hydrogen-bond acceptors (Lipinski definition) is 4. The molecule has 62 valence electrons. The zero-order valence-electron chi connectivity index (χ0n) is 5.79. The number of nitrogens with zero attached hydrogens (tertiary/aromatic N) is 2. The fourth-order valence-electron chi connectivity index (χ4n) is 0.519. The zero-order valence-corrected chi connectivity index (χ0v) is 6.61. The molecule has 1 atom stereocenters. The lowest BCUT2D eigenvalue weighted by atomic mass is 10.4. The van der Waals surface area contributed by atoms with E-state index in [-0.39, 0.29) is 11.0 Å². The van der Waals surface area contributed by atoms with E-state index in [9.17, 15) is 8.78 Å². The molecule has 0 amide bonds. The van der Waals surface area contributed by atoms with Gasteiger partial charge in [-0.2, -0.15) is 0 Å². The van der Waals surface area contributed by atoms with E-state index in [2.05, 4.69) is 10.2 Å². The molecule has 0 fully saturated rings. The van der Waals surface area contributed by atoms with Crippen molar-refractivity contribution in [2.75, 3.05) is 0 Å². The van der Waals surface area contributed by atoms with Crippen LogP contribution in [-0.2, 0) is 0 Å². The van der Waals surface area contributed by atoms with Gasteiger partial charge in [0.25, 0.3) is 6.43 Å². The first-order valence-electron chi connectivity index (χ1n) is 2.98. The Morgan fingerprint density at radius 2 is 1.91 bits per heavy atom. The molecule has 0 spiro atoms. The van der Waals surface area contributed by atoms with Gasteiger partial charge < -0.3 is 5.73 Å². The lowest BCUT2D eigenvalue weighted by Gasteiger charge is -1.94. The van der Waals surface area contributed by atoms with Crippen molar-refractivity contribution < 1.29 is 8.78 Å². The summed E-state index contributed by atoms with van der Waals surface area (Å²) in [4.78, 5) is 0. The molecule has 11 heavy (non-hydrogen) atoms. The molecular weight excluding hydrogens is 172 g/mol. The Morgan fingerprint density at radius 1 is 1.36 bits per heavy atom. The quantitative estimate of drug-likeness (QED) is 0.748. The molecule has 0 radical (unpaired) electrons. The van der Waals surface area contributed by atoms with Gasteiger partial charge in [-0.1, -0.05) is 11.3 Å². The number of halogens is 2. The van der Waals surface area contributed by atoms with E-state index in [1.54, 1.807) is 6.92 Å². The first-order chi connectivity index (χ1) is 5.11. The van der Waals surface area contributed by atoms with Crippen LogP contribution in [0.25, 0.3) is 0 Å². The normalized spacial score (nSPS) is 13.9. The zero-order chi connectivity index (χ0) is 8.43. The van der Waals surface area contributed by atoms with Crippen LogP contribution in [0.4, 0.5) is 8.78 Å². The van der Waals surface area contributed by atoms with Crippen LogP contribution in [0, 0.1) is 0 Å². The molecule has 1 unspecified atom stereocenters. The van der Waals surface area contributed by atoms with Crippen molar-refractivity contribution in [1.82, 2.24) is 10.2 Å². The number of alkyl halides is 2. The summed E-state index contributed by atoms with van der Waals surface area (Å²) in [6.45, 7) is 1.68. The first kappa shape index (κ1) is 8.48. The summed E-state index contributed by atoms with van der Waals surface area (Å²) < 4.78 is 23.8. The lowest BCUT2D eigenvalue weighted by Crippen LogP contribution is -2.03. The summed E-state index contributed by atoms with van der Waals surface area (Å²) >= 11 is 0.852. The Balaban J connectivity index is 2.82. The van der Waals surface area contributed by atoms with E-state index in [1.807, 2.05) is 0 Å². The van der Waals surface area contributed by atoms with Crippen molar-refractivity contribution in [2.45, 2.75) is 19.4 Å². The largest absolute Gasteiger partial charge is 0.322 e. The van der Waals surface area contributed by atoms with Crippen molar-refractivity contribution in [3.8, 4) is 0 Å². The van der Waals surface area contributed by atoms with Crippen LogP contribution in [-0.4, -0.2) is 10.2 Å². The van der Waals surface area contributed by atoms with Crippen LogP contribution < -0.4 is 5.73 Å². The highest BCUT2D eigenvalue weighted by atomic mass is 32.1. The molecule has 1 aromatic rings. The fraction of sp³-hybridized carbons (Fsp3) is 0.600. The molecular formula is C5H7F2N3S. The Kier molecular flexibility index (Phi) is 2.45. The van der Waals surface area contributed by atoms with Gasteiger partial charge in [-0.15, -0.1) is 10.2 Å². The monoisotopic (exact) mass is 179 g/mol. The molecule has 2 N–H and O–H groups in total. The van der Waals surface area contributed by atoms with E-state index < -0.39 is 6.43 Å². The van der Waals surface area contributed by atoms with Crippen LogP contribution in [0.15, 0.2) is 0 Å². The summed E-state index contributed by atoms with van der Waals surface area (Å²) in [7, 11) is 0. The Morgan fingerprint density at radius 3 is 2.18 bits per heavy atom. The second-order valence-corrected chi connectivity index (χ2v) is 3.11. The molecule has 1 rings (SSSR count). The van der Waals surface area contributed by atoms with Crippen molar-refractivity contribution in [2.24, 2.45) is 5.73 Å². The first-order valence-corrected chi connectivity index (χ1v) is 3.80. The van der Waals surface area contributed by atoms with E-state index in [1.165, 1.54) is 0 Å². The van der Waals surface area contributed by atoms with Gasteiger partial charge >= 0.3 is 0 Å². The summed E-state index contributed by atoms with van der Waals surface area (Å²) in [5, 5.41) is 6.95. The van der Waals surface area contributed by atoms with E-state index in [0.717, 1.165) is 11.3 Å². The molecule has 1 aromatic heterocycles. The average Bonchev–Trinajstić information content (AvgIpc) is 2.33. The molecule has 0 bridgehead atoms. The molecule has 3 nitrogen and oxygen atoms in total. The summed E-state index contributed by atoms with van der Waals surface area (Å²) in [6.07, 6.45) is -2.54. The second kappa shape index (κ2) is 3.19. The minimum absolute atomic E-state index is 0.266. The molecule has 1 heterocycles. The highest BCUT2D eigenvalue weighted by Crippen LogP contribution is 2.24. The molecule has 0 aliphatic rings. The maximum absolute atomic E-state index is 11.9. The maximum Gasteiger partial charge on any atom is 0.291 e. The third-order valence-electron chi connectivity index (χ3n) is 1.03. The molecule has 0 saturated heterocycles. The van der Waals surface area contributed by atoms with Gasteiger partial charge in [0.05, 0.1) is 6.04 Å². The van der Waals surface area contributed by atoms with Gasteiger partial charge in [0.1, 0.15) is 5.01 Å². The maximum atomic E-state index is 11.9. The highest BCUT2D eigenvalue weighted by Gasteiger charge is 2.15. The fourth-order valence-corrected chi connectivity index (χ4v) is 1.17. The minimum Gasteiger partial charge on any atom is -0.322 e. The number of hydrogen-bond donors (Lipinski definition) is 1. The average molecular weight is 179 g/mol. The predicted octanol–water partition coefficient (Wildman–Crippen LogP) is 1.50. The van der Waals surface area contributed by atoms with Crippen LogP contribution >= 0.6 is 11.3 Å². The molecule has 0 aliphatic heterocycles. The van der Waals surface area contributed by atoms with Gasteiger partial charge in [-0.25, -0.2) is 8.78 Å². The summed E-state index contributed by atoms with van der Waals surface area (Å²) in [5.74, 6) is 0.